The van der Waals surface area contributed by atoms with E-state index in [1.54, 1.807) is 0 Å². The van der Waals surface area contributed by atoms with Crippen molar-refractivity contribution in [1.29, 1.82) is 0 Å². The number of benzene rings is 2. The summed E-state index contributed by atoms with van der Waals surface area (Å²) < 4.78 is 6.12. The fourth-order valence-electron chi connectivity index (χ4n) is 3.22. The lowest BCUT2D eigenvalue weighted by Gasteiger charge is -2.22. The molecular formula is C17H17NO. The number of para-hydroxylation sites is 2. The Morgan fingerprint density at radius 1 is 0.895 bits per heavy atom. The van der Waals surface area contributed by atoms with E-state index in [1.807, 2.05) is 6.07 Å². The first-order valence-corrected chi connectivity index (χ1v) is 7.04. The molecule has 1 aliphatic rings. The molecular weight excluding hydrogens is 234 g/mol. The summed E-state index contributed by atoms with van der Waals surface area (Å²) in [5, 5.41) is 5.91. The molecule has 4 rings (SSSR count). The quantitative estimate of drug-likeness (QED) is 0.705. The van der Waals surface area contributed by atoms with Crippen LogP contribution in [-0.2, 0) is 0 Å². The van der Waals surface area contributed by atoms with Crippen LogP contribution in [0.3, 0.4) is 0 Å². The first kappa shape index (κ1) is 11.1. The van der Waals surface area contributed by atoms with E-state index < -0.39 is 0 Å². The highest BCUT2D eigenvalue weighted by molar-refractivity contribution is 6.05. The molecule has 0 unspecified atom stereocenters. The van der Waals surface area contributed by atoms with Crippen LogP contribution in [0.4, 0.5) is 0 Å². The second-order valence-electron chi connectivity index (χ2n) is 5.35. The molecule has 1 aliphatic heterocycles. The number of piperidine rings is 1. The van der Waals surface area contributed by atoms with Gasteiger partial charge in [-0.2, -0.15) is 0 Å². The van der Waals surface area contributed by atoms with Crippen molar-refractivity contribution in [3.63, 3.8) is 0 Å². The monoisotopic (exact) mass is 251 g/mol. The Bertz CT molecular complexity index is 722. The molecule has 0 radical (unpaired) electrons. The average molecular weight is 251 g/mol. The molecule has 1 N–H and O–H groups in total. The molecule has 0 spiro atoms. The first-order valence-electron chi connectivity index (χ1n) is 7.04. The highest BCUT2D eigenvalue weighted by Gasteiger charge is 2.20. The minimum absolute atomic E-state index is 0.630. The summed E-state index contributed by atoms with van der Waals surface area (Å²) in [6.45, 7) is 2.22. The molecule has 2 heteroatoms. The summed E-state index contributed by atoms with van der Waals surface area (Å²) in [5.74, 6) is 0.630. The highest BCUT2D eigenvalue weighted by Crippen LogP contribution is 2.36. The van der Waals surface area contributed by atoms with Crippen molar-refractivity contribution in [2.45, 2.75) is 18.8 Å². The van der Waals surface area contributed by atoms with Crippen LogP contribution in [-0.4, -0.2) is 13.1 Å². The average Bonchev–Trinajstić information content (AvgIpc) is 2.87. The molecule has 0 bridgehead atoms. The Labute approximate surface area is 112 Å². The topological polar surface area (TPSA) is 25.2 Å². The Morgan fingerprint density at radius 3 is 2.58 bits per heavy atom. The van der Waals surface area contributed by atoms with Crippen molar-refractivity contribution in [2.24, 2.45) is 0 Å². The van der Waals surface area contributed by atoms with E-state index in [0.717, 1.165) is 24.3 Å². The van der Waals surface area contributed by atoms with Crippen molar-refractivity contribution >= 4 is 21.9 Å². The molecule has 1 aromatic heterocycles. The molecule has 2 nitrogen and oxygen atoms in total. The fraction of sp³-hybridized carbons (Fsp3) is 0.294. The number of furan rings is 1. The van der Waals surface area contributed by atoms with Gasteiger partial charge in [-0.25, -0.2) is 0 Å². The van der Waals surface area contributed by atoms with Gasteiger partial charge in [0.25, 0.3) is 0 Å². The largest absolute Gasteiger partial charge is 0.456 e. The molecule has 19 heavy (non-hydrogen) atoms. The van der Waals surface area contributed by atoms with Crippen molar-refractivity contribution in [2.75, 3.05) is 13.1 Å². The van der Waals surface area contributed by atoms with Crippen LogP contribution in [0.1, 0.15) is 24.3 Å². The Hall–Kier alpha value is -1.80. The van der Waals surface area contributed by atoms with Gasteiger partial charge in [-0.05, 0) is 43.5 Å². The van der Waals surface area contributed by atoms with Crippen LogP contribution >= 0.6 is 0 Å². The fourth-order valence-corrected chi connectivity index (χ4v) is 3.22. The lowest BCUT2D eigenvalue weighted by atomic mass is 9.89. The maximum atomic E-state index is 6.12. The second-order valence-corrected chi connectivity index (χ2v) is 5.35. The van der Waals surface area contributed by atoms with Gasteiger partial charge in [0, 0.05) is 10.8 Å². The van der Waals surface area contributed by atoms with E-state index in [-0.39, 0.29) is 0 Å². The van der Waals surface area contributed by atoms with Gasteiger partial charge in [0.2, 0.25) is 0 Å². The van der Waals surface area contributed by atoms with Gasteiger partial charge in [-0.3, -0.25) is 0 Å². The van der Waals surface area contributed by atoms with E-state index in [9.17, 15) is 0 Å². The lowest BCUT2D eigenvalue weighted by Crippen LogP contribution is -2.26. The van der Waals surface area contributed by atoms with Crippen LogP contribution in [0.2, 0.25) is 0 Å². The van der Waals surface area contributed by atoms with Crippen molar-refractivity contribution < 1.29 is 4.42 Å². The van der Waals surface area contributed by atoms with E-state index in [0.29, 0.717) is 5.92 Å². The summed E-state index contributed by atoms with van der Waals surface area (Å²) in [6.07, 6.45) is 2.41. The molecule has 96 valence electrons. The summed E-state index contributed by atoms with van der Waals surface area (Å²) >= 11 is 0. The van der Waals surface area contributed by atoms with Gasteiger partial charge < -0.3 is 9.73 Å². The number of hydrogen-bond acceptors (Lipinski definition) is 2. The summed E-state index contributed by atoms with van der Waals surface area (Å²) in [5.41, 5.74) is 3.48. The summed E-state index contributed by atoms with van der Waals surface area (Å²) in [4.78, 5) is 0. The normalized spacial score (nSPS) is 17.3. The first-order chi connectivity index (χ1) is 9.43. The zero-order valence-corrected chi connectivity index (χ0v) is 10.9. The molecule has 0 amide bonds. The van der Waals surface area contributed by atoms with E-state index >= 15 is 0 Å². The van der Waals surface area contributed by atoms with Crippen LogP contribution < -0.4 is 5.32 Å². The van der Waals surface area contributed by atoms with E-state index in [1.165, 1.54) is 29.2 Å². The molecule has 2 heterocycles. The molecule has 2 aromatic carbocycles. The highest BCUT2D eigenvalue weighted by atomic mass is 16.3. The molecule has 0 saturated carbocycles. The molecule has 0 aliphatic carbocycles. The third kappa shape index (κ3) is 1.75. The van der Waals surface area contributed by atoms with Crippen LogP contribution in [0.25, 0.3) is 21.9 Å². The summed E-state index contributed by atoms with van der Waals surface area (Å²) in [6, 6.07) is 14.9. The van der Waals surface area contributed by atoms with Gasteiger partial charge in [0.1, 0.15) is 11.2 Å². The number of hydrogen-bond donors (Lipinski definition) is 1. The minimum Gasteiger partial charge on any atom is -0.456 e. The van der Waals surface area contributed by atoms with Crippen LogP contribution in [0, 0.1) is 0 Å². The Balaban J connectivity index is 1.95. The lowest BCUT2D eigenvalue weighted by molar-refractivity contribution is 0.458. The van der Waals surface area contributed by atoms with Crippen molar-refractivity contribution in [3.8, 4) is 0 Å². The predicted octanol–water partition coefficient (Wildman–Crippen LogP) is 4.05. The summed E-state index contributed by atoms with van der Waals surface area (Å²) in [7, 11) is 0. The van der Waals surface area contributed by atoms with Gasteiger partial charge in [-0.1, -0.05) is 36.4 Å². The van der Waals surface area contributed by atoms with Crippen molar-refractivity contribution in [3.05, 3.63) is 48.0 Å². The zero-order valence-electron chi connectivity index (χ0n) is 10.9. The maximum absolute atomic E-state index is 6.12. The van der Waals surface area contributed by atoms with Crippen molar-refractivity contribution in [1.82, 2.24) is 5.32 Å². The van der Waals surface area contributed by atoms with Gasteiger partial charge in [0.05, 0.1) is 0 Å². The molecule has 1 fully saturated rings. The smallest absolute Gasteiger partial charge is 0.138 e. The molecule has 0 atom stereocenters. The second kappa shape index (κ2) is 4.39. The Kier molecular flexibility index (Phi) is 2.56. The third-order valence-corrected chi connectivity index (χ3v) is 4.21. The Morgan fingerprint density at radius 2 is 1.68 bits per heavy atom. The predicted molar refractivity (Wildman–Crippen MR) is 78.6 cm³/mol. The van der Waals surface area contributed by atoms with Gasteiger partial charge >= 0.3 is 0 Å². The van der Waals surface area contributed by atoms with Gasteiger partial charge in [-0.15, -0.1) is 0 Å². The molecule has 1 saturated heterocycles. The van der Waals surface area contributed by atoms with E-state index in [2.05, 4.69) is 41.7 Å². The van der Waals surface area contributed by atoms with E-state index in [4.69, 9.17) is 4.42 Å². The zero-order chi connectivity index (χ0) is 12.7. The van der Waals surface area contributed by atoms with Crippen LogP contribution in [0.5, 0.6) is 0 Å². The van der Waals surface area contributed by atoms with Crippen LogP contribution in [0.15, 0.2) is 46.9 Å². The maximum Gasteiger partial charge on any atom is 0.138 e. The molecule has 3 aromatic rings. The number of fused-ring (bicyclic) bond motifs is 3. The minimum atomic E-state index is 0.630. The number of nitrogens with one attached hydrogen (secondary N) is 1. The third-order valence-electron chi connectivity index (χ3n) is 4.21. The van der Waals surface area contributed by atoms with Gasteiger partial charge in [0.15, 0.2) is 0 Å². The SMILES string of the molecule is c1ccc2c(c1)oc1c(C3CCNCC3)cccc12. The standard InChI is InChI=1S/C17H17NO/c1-2-7-16-14(4-1)15-6-3-5-13(17(15)19-16)12-8-10-18-11-9-12/h1-7,12,18H,8-11H2. The number of rotatable bonds is 1.